The minimum absolute atomic E-state index is 0.0188. The summed E-state index contributed by atoms with van der Waals surface area (Å²) in [6.07, 6.45) is 0. The van der Waals surface area contributed by atoms with Gasteiger partial charge in [-0.3, -0.25) is 0 Å². The summed E-state index contributed by atoms with van der Waals surface area (Å²) in [6, 6.07) is 10.2. The molecule has 0 radical (unpaired) electrons. The summed E-state index contributed by atoms with van der Waals surface area (Å²) in [5.74, 6) is -0.419. The second-order valence-corrected chi connectivity index (χ2v) is 6.57. The number of hydrogen-bond acceptors (Lipinski definition) is 3. The molecule has 0 aliphatic carbocycles. The van der Waals surface area contributed by atoms with Crippen LogP contribution in [0.25, 0.3) is 0 Å². The quantitative estimate of drug-likeness (QED) is 0.885. The summed E-state index contributed by atoms with van der Waals surface area (Å²) >= 11 is 5.96. The molecule has 21 heavy (non-hydrogen) atoms. The van der Waals surface area contributed by atoms with Gasteiger partial charge in [0.05, 0.1) is 5.02 Å². The molecule has 0 aliphatic rings. The average Bonchev–Trinajstić information content (AvgIpc) is 2.45. The topological polar surface area (TPSA) is 72.2 Å². The van der Waals surface area contributed by atoms with Gasteiger partial charge < -0.3 is 5.73 Å². The first-order chi connectivity index (χ1) is 9.92. The molecule has 2 aromatic carbocycles. The molecule has 4 nitrogen and oxygen atoms in total. The molecule has 2 aromatic rings. The highest BCUT2D eigenvalue weighted by Gasteiger charge is 2.17. The van der Waals surface area contributed by atoms with Gasteiger partial charge in [-0.1, -0.05) is 29.8 Å². The zero-order valence-corrected chi connectivity index (χ0v) is 12.6. The van der Waals surface area contributed by atoms with Crippen molar-refractivity contribution in [3.8, 4) is 0 Å². The lowest BCUT2D eigenvalue weighted by Gasteiger charge is -2.09. The summed E-state index contributed by atoms with van der Waals surface area (Å²) in [7, 11) is -3.77. The highest BCUT2D eigenvalue weighted by Crippen LogP contribution is 2.22. The third-order valence-electron chi connectivity index (χ3n) is 2.88. The zero-order chi connectivity index (χ0) is 15.5. The molecule has 0 fully saturated rings. The molecule has 112 valence electrons. The van der Waals surface area contributed by atoms with E-state index < -0.39 is 15.8 Å². The molecule has 0 saturated carbocycles. The van der Waals surface area contributed by atoms with E-state index in [0.29, 0.717) is 5.56 Å². The van der Waals surface area contributed by atoms with E-state index in [1.54, 1.807) is 12.1 Å². The van der Waals surface area contributed by atoms with Crippen LogP contribution in [0.5, 0.6) is 0 Å². The molecular weight excluding hydrogens is 315 g/mol. The fraction of sp³-hybridized carbons (Fsp3) is 0.143. The van der Waals surface area contributed by atoms with Crippen LogP contribution in [-0.4, -0.2) is 8.42 Å². The fourth-order valence-electron chi connectivity index (χ4n) is 1.79. The van der Waals surface area contributed by atoms with E-state index >= 15 is 0 Å². The SMILES string of the molecule is NCc1ccc(S(=O)(=O)NCc2cccc(F)c2)c(Cl)c1. The Kier molecular flexibility index (Phi) is 4.95. The van der Waals surface area contributed by atoms with Gasteiger partial charge in [-0.25, -0.2) is 17.5 Å². The molecule has 0 saturated heterocycles. The number of rotatable bonds is 5. The maximum atomic E-state index is 13.0. The van der Waals surface area contributed by atoms with Crippen molar-refractivity contribution in [2.24, 2.45) is 5.73 Å². The van der Waals surface area contributed by atoms with Crippen LogP contribution in [0.4, 0.5) is 4.39 Å². The van der Waals surface area contributed by atoms with Crippen LogP contribution in [0.3, 0.4) is 0 Å². The van der Waals surface area contributed by atoms with Crippen LogP contribution >= 0.6 is 11.6 Å². The number of hydrogen-bond donors (Lipinski definition) is 2. The van der Waals surface area contributed by atoms with Crippen LogP contribution < -0.4 is 10.5 Å². The molecule has 0 spiro atoms. The van der Waals surface area contributed by atoms with Gasteiger partial charge in [0, 0.05) is 13.1 Å². The number of nitrogens with one attached hydrogen (secondary N) is 1. The summed E-state index contributed by atoms with van der Waals surface area (Å²) in [5, 5.41) is 0.102. The van der Waals surface area contributed by atoms with Crippen molar-refractivity contribution in [1.82, 2.24) is 4.72 Å². The molecule has 0 amide bonds. The van der Waals surface area contributed by atoms with E-state index in [9.17, 15) is 12.8 Å². The summed E-state index contributed by atoms with van der Waals surface area (Å²) in [6.45, 7) is 0.256. The van der Waals surface area contributed by atoms with E-state index in [-0.39, 0.29) is 23.0 Å². The van der Waals surface area contributed by atoms with E-state index in [2.05, 4.69) is 4.72 Å². The molecular formula is C14H14ClFN2O2S. The van der Waals surface area contributed by atoms with Crippen molar-refractivity contribution in [2.45, 2.75) is 18.0 Å². The van der Waals surface area contributed by atoms with Gasteiger partial charge in [0.1, 0.15) is 10.7 Å². The smallest absolute Gasteiger partial charge is 0.242 e. The first kappa shape index (κ1) is 15.9. The van der Waals surface area contributed by atoms with E-state index in [0.717, 1.165) is 5.56 Å². The van der Waals surface area contributed by atoms with Crippen LogP contribution in [0.2, 0.25) is 5.02 Å². The Morgan fingerprint density at radius 2 is 1.90 bits per heavy atom. The van der Waals surface area contributed by atoms with Gasteiger partial charge >= 0.3 is 0 Å². The molecule has 0 unspecified atom stereocenters. The van der Waals surface area contributed by atoms with Crippen LogP contribution in [-0.2, 0) is 23.1 Å². The first-order valence-corrected chi connectivity index (χ1v) is 8.01. The van der Waals surface area contributed by atoms with Gasteiger partial charge in [0.25, 0.3) is 0 Å². The molecule has 0 atom stereocenters. The van der Waals surface area contributed by atoms with Gasteiger partial charge in [-0.05, 0) is 35.4 Å². The normalized spacial score (nSPS) is 11.6. The number of nitrogens with two attached hydrogens (primary N) is 1. The highest BCUT2D eigenvalue weighted by atomic mass is 35.5. The third-order valence-corrected chi connectivity index (χ3v) is 4.76. The first-order valence-electron chi connectivity index (χ1n) is 6.15. The number of sulfonamides is 1. The molecule has 7 heteroatoms. The van der Waals surface area contributed by atoms with Crippen molar-refractivity contribution in [2.75, 3.05) is 0 Å². The van der Waals surface area contributed by atoms with Crippen molar-refractivity contribution in [3.63, 3.8) is 0 Å². The van der Waals surface area contributed by atoms with Crippen molar-refractivity contribution < 1.29 is 12.8 Å². The fourth-order valence-corrected chi connectivity index (χ4v) is 3.38. The van der Waals surface area contributed by atoms with Crippen molar-refractivity contribution in [3.05, 3.63) is 64.4 Å². The van der Waals surface area contributed by atoms with E-state index in [1.807, 2.05) is 0 Å². The predicted molar refractivity (Wildman–Crippen MR) is 79.8 cm³/mol. The number of halogens is 2. The van der Waals surface area contributed by atoms with E-state index in [4.69, 9.17) is 17.3 Å². The Morgan fingerprint density at radius 3 is 2.52 bits per heavy atom. The van der Waals surface area contributed by atoms with Crippen LogP contribution in [0, 0.1) is 5.82 Å². The highest BCUT2D eigenvalue weighted by molar-refractivity contribution is 7.89. The lowest BCUT2D eigenvalue weighted by Crippen LogP contribution is -2.23. The summed E-state index contributed by atoms with van der Waals surface area (Å²) in [4.78, 5) is -0.0298. The summed E-state index contributed by atoms with van der Waals surface area (Å²) < 4.78 is 39.8. The largest absolute Gasteiger partial charge is 0.326 e. The van der Waals surface area contributed by atoms with Crippen LogP contribution in [0.1, 0.15) is 11.1 Å². The van der Waals surface area contributed by atoms with Gasteiger partial charge in [-0.2, -0.15) is 0 Å². The maximum Gasteiger partial charge on any atom is 0.242 e. The molecule has 0 aromatic heterocycles. The summed E-state index contributed by atoms with van der Waals surface area (Å²) in [5.41, 5.74) is 6.73. The maximum absolute atomic E-state index is 13.0. The minimum Gasteiger partial charge on any atom is -0.326 e. The monoisotopic (exact) mass is 328 g/mol. The Morgan fingerprint density at radius 1 is 1.14 bits per heavy atom. The Labute approximate surface area is 127 Å². The zero-order valence-electron chi connectivity index (χ0n) is 11.0. The van der Waals surface area contributed by atoms with Crippen LogP contribution in [0.15, 0.2) is 47.4 Å². The van der Waals surface area contributed by atoms with Gasteiger partial charge in [0.15, 0.2) is 0 Å². The Hall–Kier alpha value is -1.47. The minimum atomic E-state index is -3.77. The lowest BCUT2D eigenvalue weighted by molar-refractivity contribution is 0.580. The third kappa shape index (κ3) is 4.01. The number of benzene rings is 2. The molecule has 0 heterocycles. The van der Waals surface area contributed by atoms with Gasteiger partial charge in [-0.15, -0.1) is 0 Å². The van der Waals surface area contributed by atoms with Gasteiger partial charge in [0.2, 0.25) is 10.0 Å². The second-order valence-electron chi connectivity index (χ2n) is 4.42. The standard InChI is InChI=1S/C14H14ClFN2O2S/c15-13-7-10(8-17)4-5-14(13)21(19,20)18-9-11-2-1-3-12(16)6-11/h1-7,18H,8-9,17H2. The Bertz CT molecular complexity index is 750. The Balaban J connectivity index is 2.19. The van der Waals surface area contributed by atoms with Crippen molar-refractivity contribution in [1.29, 1.82) is 0 Å². The molecule has 0 bridgehead atoms. The van der Waals surface area contributed by atoms with Crippen molar-refractivity contribution >= 4 is 21.6 Å². The molecule has 0 aliphatic heterocycles. The average molecular weight is 329 g/mol. The second kappa shape index (κ2) is 6.53. The predicted octanol–water partition coefficient (Wildman–Crippen LogP) is 2.42. The van der Waals surface area contributed by atoms with E-state index in [1.165, 1.54) is 30.3 Å². The lowest BCUT2D eigenvalue weighted by atomic mass is 10.2. The molecule has 2 rings (SSSR count). The molecule has 3 N–H and O–H groups in total.